The number of aromatic nitrogens is 2. The van der Waals surface area contributed by atoms with Crippen LogP contribution in [0.25, 0.3) is 5.57 Å². The Bertz CT molecular complexity index is 902. The standard InChI is InChI=1S/C19H24FN7S/c1-23-11-12(9-21)8-17-27-19(25-3)18(28-17)13(10-22)4-6-15-14(20)5-7-16(24-2)26-15/h4-5,7,9-11,21-23,25H,6,8H2,1-3H3,(H,24,26)/b12-11-,13-4+,21-9?,22-10?. The summed E-state index contributed by atoms with van der Waals surface area (Å²) in [6.45, 7) is 0. The largest absolute Gasteiger partial charge is 0.394 e. The molecule has 0 fully saturated rings. The van der Waals surface area contributed by atoms with Crippen molar-refractivity contribution in [3.8, 4) is 0 Å². The van der Waals surface area contributed by atoms with Crippen LogP contribution in [-0.4, -0.2) is 43.5 Å². The van der Waals surface area contributed by atoms with Gasteiger partial charge in [0.15, 0.2) is 0 Å². The maximum absolute atomic E-state index is 14.0. The molecule has 9 heteroatoms. The maximum Gasteiger partial charge on any atom is 0.145 e. The van der Waals surface area contributed by atoms with Crippen LogP contribution in [0.2, 0.25) is 0 Å². The lowest BCUT2D eigenvalue weighted by molar-refractivity contribution is 0.605. The van der Waals surface area contributed by atoms with Crippen LogP contribution >= 0.6 is 11.3 Å². The Morgan fingerprint density at radius 3 is 2.54 bits per heavy atom. The molecule has 0 saturated heterocycles. The summed E-state index contributed by atoms with van der Waals surface area (Å²) in [5.74, 6) is 0.861. The summed E-state index contributed by atoms with van der Waals surface area (Å²) in [5.41, 5.74) is 1.74. The van der Waals surface area contributed by atoms with Gasteiger partial charge in [0.1, 0.15) is 22.5 Å². The van der Waals surface area contributed by atoms with Gasteiger partial charge in [-0.1, -0.05) is 6.08 Å². The zero-order valence-corrected chi connectivity index (χ0v) is 16.9. The highest BCUT2D eigenvalue weighted by Crippen LogP contribution is 2.30. The van der Waals surface area contributed by atoms with Crippen LogP contribution in [0.15, 0.2) is 30.0 Å². The number of anilines is 2. The zero-order valence-electron chi connectivity index (χ0n) is 16.1. The quantitative estimate of drug-likeness (QED) is 0.392. The van der Waals surface area contributed by atoms with Crippen LogP contribution in [0.1, 0.15) is 15.6 Å². The predicted molar refractivity (Wildman–Crippen MR) is 115 cm³/mol. The number of pyridine rings is 1. The van der Waals surface area contributed by atoms with Crippen LogP contribution in [0.3, 0.4) is 0 Å². The zero-order chi connectivity index (χ0) is 20.5. The second-order valence-electron chi connectivity index (χ2n) is 5.75. The minimum Gasteiger partial charge on any atom is -0.394 e. The van der Waals surface area contributed by atoms with Gasteiger partial charge >= 0.3 is 0 Å². The number of halogens is 1. The topological polar surface area (TPSA) is 110 Å². The van der Waals surface area contributed by atoms with Gasteiger partial charge in [0, 0.05) is 58.2 Å². The van der Waals surface area contributed by atoms with E-state index in [0.29, 0.717) is 29.3 Å². The third-order valence-electron chi connectivity index (χ3n) is 3.89. The van der Waals surface area contributed by atoms with Crippen molar-refractivity contribution in [2.45, 2.75) is 12.8 Å². The van der Waals surface area contributed by atoms with Gasteiger partial charge in [-0.05, 0) is 17.7 Å². The first-order valence-electron chi connectivity index (χ1n) is 8.64. The molecule has 2 rings (SSSR count). The molecule has 2 heterocycles. The van der Waals surface area contributed by atoms with Crippen molar-refractivity contribution in [2.75, 3.05) is 31.8 Å². The van der Waals surface area contributed by atoms with E-state index in [1.807, 2.05) is 0 Å². The van der Waals surface area contributed by atoms with Crippen molar-refractivity contribution in [3.63, 3.8) is 0 Å². The lowest BCUT2D eigenvalue weighted by Gasteiger charge is -2.05. The smallest absolute Gasteiger partial charge is 0.145 e. The third-order valence-corrected chi connectivity index (χ3v) is 4.99. The highest BCUT2D eigenvalue weighted by Gasteiger charge is 2.14. The summed E-state index contributed by atoms with van der Waals surface area (Å²) < 4.78 is 14.0. The SMILES string of the molecule is CN/C=C(\C=N)Cc1nc(NC)c(/C(C=N)=C/Cc2nc(NC)ccc2F)s1. The number of nitrogens with one attached hydrogen (secondary N) is 5. The van der Waals surface area contributed by atoms with Gasteiger partial charge in [-0.15, -0.1) is 11.3 Å². The van der Waals surface area contributed by atoms with E-state index in [-0.39, 0.29) is 12.2 Å². The van der Waals surface area contributed by atoms with Gasteiger partial charge in [-0.3, -0.25) is 0 Å². The van der Waals surface area contributed by atoms with Gasteiger partial charge in [0.25, 0.3) is 0 Å². The van der Waals surface area contributed by atoms with Crippen LogP contribution < -0.4 is 16.0 Å². The lowest BCUT2D eigenvalue weighted by atomic mass is 10.1. The molecular formula is C19H24FN7S. The molecule has 0 bridgehead atoms. The number of hydrogen-bond donors (Lipinski definition) is 5. The Hall–Kier alpha value is -3.07. The van der Waals surface area contributed by atoms with Crippen LogP contribution in [0.4, 0.5) is 16.0 Å². The predicted octanol–water partition coefficient (Wildman–Crippen LogP) is 3.33. The van der Waals surface area contributed by atoms with Gasteiger partial charge in [-0.25, -0.2) is 14.4 Å². The van der Waals surface area contributed by atoms with Crippen molar-refractivity contribution in [3.05, 3.63) is 51.4 Å². The second-order valence-corrected chi connectivity index (χ2v) is 6.83. The molecule has 0 aromatic carbocycles. The molecule has 7 nitrogen and oxygen atoms in total. The molecule has 0 aliphatic carbocycles. The molecule has 2 aromatic rings. The summed E-state index contributed by atoms with van der Waals surface area (Å²) >= 11 is 1.44. The molecule has 0 atom stereocenters. The van der Waals surface area contributed by atoms with Gasteiger partial charge in [0.05, 0.1) is 10.6 Å². The average Bonchev–Trinajstić information content (AvgIpc) is 3.12. The molecule has 0 unspecified atom stereocenters. The van der Waals surface area contributed by atoms with Crippen molar-refractivity contribution >= 4 is 41.0 Å². The molecule has 148 valence electrons. The molecule has 0 aliphatic rings. The third kappa shape index (κ3) is 5.23. The van der Waals surface area contributed by atoms with E-state index in [1.165, 1.54) is 29.8 Å². The van der Waals surface area contributed by atoms with Crippen molar-refractivity contribution in [1.29, 1.82) is 10.8 Å². The Kier molecular flexibility index (Phi) is 7.82. The number of allylic oxidation sites excluding steroid dienone is 3. The summed E-state index contributed by atoms with van der Waals surface area (Å²) in [4.78, 5) is 9.59. The van der Waals surface area contributed by atoms with Crippen molar-refractivity contribution in [2.24, 2.45) is 0 Å². The van der Waals surface area contributed by atoms with E-state index in [0.717, 1.165) is 15.5 Å². The normalized spacial score (nSPS) is 11.9. The summed E-state index contributed by atoms with van der Waals surface area (Å²) in [5, 5.41) is 25.0. The van der Waals surface area contributed by atoms with E-state index >= 15 is 0 Å². The molecule has 28 heavy (non-hydrogen) atoms. The Morgan fingerprint density at radius 2 is 1.93 bits per heavy atom. The fourth-order valence-corrected chi connectivity index (χ4v) is 3.62. The number of nitrogens with zero attached hydrogens (tertiary/aromatic N) is 2. The molecule has 0 aliphatic heterocycles. The minimum atomic E-state index is -0.383. The van der Waals surface area contributed by atoms with Gasteiger partial charge in [0.2, 0.25) is 0 Å². The molecule has 0 radical (unpaired) electrons. The van der Waals surface area contributed by atoms with Crippen LogP contribution in [0.5, 0.6) is 0 Å². The number of hydrogen-bond acceptors (Lipinski definition) is 8. The van der Waals surface area contributed by atoms with Crippen LogP contribution in [-0.2, 0) is 12.8 Å². The number of rotatable bonds is 10. The Labute approximate surface area is 167 Å². The molecule has 0 spiro atoms. The minimum absolute atomic E-state index is 0.258. The fraction of sp³-hybridized carbons (Fsp3) is 0.263. The van der Waals surface area contributed by atoms with E-state index in [1.54, 1.807) is 39.5 Å². The van der Waals surface area contributed by atoms with Gasteiger partial charge in [-0.2, -0.15) is 0 Å². The molecule has 0 amide bonds. The van der Waals surface area contributed by atoms with E-state index in [9.17, 15) is 4.39 Å². The van der Waals surface area contributed by atoms with E-state index < -0.39 is 0 Å². The van der Waals surface area contributed by atoms with Crippen molar-refractivity contribution < 1.29 is 4.39 Å². The molecule has 2 aromatic heterocycles. The van der Waals surface area contributed by atoms with Crippen molar-refractivity contribution in [1.82, 2.24) is 15.3 Å². The molecule has 0 saturated carbocycles. The lowest BCUT2D eigenvalue weighted by Crippen LogP contribution is -2.00. The number of thiazole rings is 1. The first-order chi connectivity index (χ1) is 13.6. The van der Waals surface area contributed by atoms with Gasteiger partial charge < -0.3 is 26.8 Å². The maximum atomic E-state index is 14.0. The summed E-state index contributed by atoms with van der Waals surface area (Å²) in [6, 6.07) is 2.96. The fourth-order valence-electron chi connectivity index (χ4n) is 2.50. The Balaban J connectivity index is 2.32. The monoisotopic (exact) mass is 401 g/mol. The average molecular weight is 402 g/mol. The first kappa shape index (κ1) is 21.2. The van der Waals surface area contributed by atoms with E-state index in [2.05, 4.69) is 25.9 Å². The first-order valence-corrected chi connectivity index (χ1v) is 9.46. The van der Waals surface area contributed by atoms with Crippen LogP contribution in [0, 0.1) is 16.6 Å². The summed E-state index contributed by atoms with van der Waals surface area (Å²) in [6.07, 6.45) is 6.82. The Morgan fingerprint density at radius 1 is 1.14 bits per heavy atom. The second kappa shape index (κ2) is 10.3. The highest BCUT2D eigenvalue weighted by molar-refractivity contribution is 7.13. The summed E-state index contributed by atoms with van der Waals surface area (Å²) in [7, 11) is 5.27. The molecule has 5 N–H and O–H groups in total. The highest BCUT2D eigenvalue weighted by atomic mass is 32.1. The van der Waals surface area contributed by atoms with E-state index in [4.69, 9.17) is 10.8 Å². The molecular weight excluding hydrogens is 377 g/mol.